The zero-order valence-corrected chi connectivity index (χ0v) is 14.7. The van der Waals surface area contributed by atoms with Crippen molar-refractivity contribution >= 4 is 17.5 Å². The van der Waals surface area contributed by atoms with E-state index in [-0.39, 0.29) is 12.2 Å². The Hall–Kier alpha value is -3.25. The average molecular weight is 348 g/mol. The molecule has 6 heteroatoms. The highest BCUT2D eigenvalue weighted by Gasteiger charge is 2.21. The number of benzene rings is 2. The SMILES string of the molecule is CCOC(=O)c1cnc(-c2ccccc2)nc1N(N)c1ccccc1C. The molecule has 26 heavy (non-hydrogen) atoms. The molecule has 0 radical (unpaired) electrons. The molecule has 0 aliphatic heterocycles. The number of carbonyl (C=O) groups is 1. The first-order valence-corrected chi connectivity index (χ1v) is 8.32. The first kappa shape index (κ1) is 17.6. The van der Waals surface area contributed by atoms with Crippen LogP contribution in [0, 0.1) is 6.92 Å². The van der Waals surface area contributed by atoms with Gasteiger partial charge in [0.2, 0.25) is 0 Å². The molecule has 3 rings (SSSR count). The lowest BCUT2D eigenvalue weighted by molar-refractivity contribution is 0.0526. The number of esters is 1. The predicted molar refractivity (Wildman–Crippen MR) is 101 cm³/mol. The third kappa shape index (κ3) is 3.55. The quantitative estimate of drug-likeness (QED) is 0.431. The van der Waals surface area contributed by atoms with Gasteiger partial charge >= 0.3 is 5.97 Å². The summed E-state index contributed by atoms with van der Waals surface area (Å²) in [6.07, 6.45) is 1.46. The van der Waals surface area contributed by atoms with Gasteiger partial charge in [-0.15, -0.1) is 0 Å². The molecule has 132 valence electrons. The number of hydrazine groups is 1. The van der Waals surface area contributed by atoms with Gasteiger partial charge in [-0.25, -0.2) is 20.6 Å². The Morgan fingerprint density at radius 1 is 1.12 bits per heavy atom. The van der Waals surface area contributed by atoms with E-state index in [9.17, 15) is 4.79 Å². The van der Waals surface area contributed by atoms with Gasteiger partial charge < -0.3 is 4.74 Å². The van der Waals surface area contributed by atoms with Crippen molar-refractivity contribution in [3.63, 3.8) is 0 Å². The molecule has 0 spiro atoms. The van der Waals surface area contributed by atoms with Crippen LogP contribution in [-0.2, 0) is 4.74 Å². The Morgan fingerprint density at radius 2 is 1.81 bits per heavy atom. The molecule has 0 saturated carbocycles. The summed E-state index contributed by atoms with van der Waals surface area (Å²) < 4.78 is 5.13. The molecule has 0 atom stereocenters. The van der Waals surface area contributed by atoms with E-state index in [1.165, 1.54) is 11.2 Å². The van der Waals surface area contributed by atoms with E-state index < -0.39 is 5.97 Å². The van der Waals surface area contributed by atoms with Gasteiger partial charge in [0.15, 0.2) is 11.6 Å². The molecule has 1 heterocycles. The second-order valence-electron chi connectivity index (χ2n) is 5.67. The van der Waals surface area contributed by atoms with Crippen molar-refractivity contribution < 1.29 is 9.53 Å². The van der Waals surface area contributed by atoms with Crippen LogP contribution in [0.5, 0.6) is 0 Å². The maximum atomic E-state index is 12.3. The number of nitrogens with two attached hydrogens (primary N) is 1. The highest BCUT2D eigenvalue weighted by atomic mass is 16.5. The Balaban J connectivity index is 2.12. The van der Waals surface area contributed by atoms with Crippen LogP contribution in [0.4, 0.5) is 11.5 Å². The molecule has 0 saturated heterocycles. The van der Waals surface area contributed by atoms with Crippen molar-refractivity contribution in [2.24, 2.45) is 5.84 Å². The van der Waals surface area contributed by atoms with Crippen LogP contribution < -0.4 is 10.9 Å². The van der Waals surface area contributed by atoms with E-state index in [0.717, 1.165) is 16.8 Å². The third-order valence-electron chi connectivity index (χ3n) is 3.90. The fourth-order valence-corrected chi connectivity index (χ4v) is 2.58. The number of carbonyl (C=O) groups excluding carboxylic acids is 1. The van der Waals surface area contributed by atoms with Gasteiger partial charge in [0.05, 0.1) is 12.3 Å². The Morgan fingerprint density at radius 3 is 2.50 bits per heavy atom. The van der Waals surface area contributed by atoms with Crippen molar-refractivity contribution in [1.82, 2.24) is 9.97 Å². The van der Waals surface area contributed by atoms with Crippen LogP contribution in [0.2, 0.25) is 0 Å². The molecule has 0 aliphatic carbocycles. The molecule has 0 amide bonds. The number of nitrogens with zero attached hydrogens (tertiary/aromatic N) is 3. The summed E-state index contributed by atoms with van der Waals surface area (Å²) in [6.45, 7) is 3.95. The number of para-hydroxylation sites is 1. The molecule has 0 aliphatic rings. The van der Waals surface area contributed by atoms with Crippen LogP contribution in [0.1, 0.15) is 22.8 Å². The average Bonchev–Trinajstić information content (AvgIpc) is 2.68. The second kappa shape index (κ2) is 7.76. The summed E-state index contributed by atoms with van der Waals surface area (Å²) >= 11 is 0. The number of rotatable bonds is 5. The molecule has 0 unspecified atom stereocenters. The summed E-state index contributed by atoms with van der Waals surface area (Å²) in [7, 11) is 0. The Bertz CT molecular complexity index is 913. The van der Waals surface area contributed by atoms with Crippen molar-refractivity contribution in [3.05, 3.63) is 71.9 Å². The maximum Gasteiger partial charge on any atom is 0.343 e. The van der Waals surface area contributed by atoms with Crippen LogP contribution in [-0.4, -0.2) is 22.5 Å². The minimum Gasteiger partial charge on any atom is -0.462 e. The first-order chi connectivity index (χ1) is 12.6. The lowest BCUT2D eigenvalue weighted by Gasteiger charge is -2.22. The topological polar surface area (TPSA) is 81.3 Å². The van der Waals surface area contributed by atoms with Gasteiger partial charge in [0.1, 0.15) is 5.56 Å². The molecule has 3 aromatic rings. The van der Waals surface area contributed by atoms with Gasteiger partial charge in [0.25, 0.3) is 0 Å². The summed E-state index contributed by atoms with van der Waals surface area (Å²) in [4.78, 5) is 21.2. The highest BCUT2D eigenvalue weighted by Crippen LogP contribution is 2.28. The van der Waals surface area contributed by atoms with Gasteiger partial charge in [0, 0.05) is 11.8 Å². The molecule has 2 N–H and O–H groups in total. The number of ether oxygens (including phenoxy) is 1. The van der Waals surface area contributed by atoms with Gasteiger partial charge in [-0.05, 0) is 25.5 Å². The normalized spacial score (nSPS) is 10.4. The third-order valence-corrected chi connectivity index (χ3v) is 3.90. The van der Waals surface area contributed by atoms with Crippen LogP contribution in [0.25, 0.3) is 11.4 Å². The largest absolute Gasteiger partial charge is 0.462 e. The zero-order chi connectivity index (χ0) is 18.5. The monoisotopic (exact) mass is 348 g/mol. The minimum absolute atomic E-state index is 0.220. The fourth-order valence-electron chi connectivity index (χ4n) is 2.58. The van der Waals surface area contributed by atoms with Crippen LogP contribution in [0.15, 0.2) is 60.8 Å². The second-order valence-corrected chi connectivity index (χ2v) is 5.67. The smallest absolute Gasteiger partial charge is 0.343 e. The molecule has 0 fully saturated rings. The highest BCUT2D eigenvalue weighted by molar-refractivity contribution is 5.95. The van der Waals surface area contributed by atoms with E-state index >= 15 is 0 Å². The molecule has 1 aromatic heterocycles. The van der Waals surface area contributed by atoms with Gasteiger partial charge in [-0.1, -0.05) is 48.5 Å². The maximum absolute atomic E-state index is 12.3. The predicted octanol–water partition coefficient (Wildman–Crippen LogP) is 3.64. The van der Waals surface area contributed by atoms with Crippen molar-refractivity contribution in [2.45, 2.75) is 13.8 Å². The van der Waals surface area contributed by atoms with E-state index in [0.29, 0.717) is 11.6 Å². The van der Waals surface area contributed by atoms with Gasteiger partial charge in [-0.3, -0.25) is 5.01 Å². The standard InChI is InChI=1S/C20H20N4O2/c1-3-26-20(25)16-13-22-18(15-10-5-4-6-11-15)23-19(16)24(21)17-12-8-7-9-14(17)2/h4-13H,3,21H2,1-2H3. The van der Waals surface area contributed by atoms with E-state index in [1.807, 2.05) is 61.5 Å². The molecule has 2 aromatic carbocycles. The Labute approximate surface area is 152 Å². The minimum atomic E-state index is -0.508. The molecular weight excluding hydrogens is 328 g/mol. The summed E-state index contributed by atoms with van der Waals surface area (Å²) in [6, 6.07) is 17.1. The lowest BCUT2D eigenvalue weighted by Crippen LogP contribution is -2.29. The lowest BCUT2D eigenvalue weighted by atomic mass is 10.1. The Kier molecular flexibility index (Phi) is 5.24. The summed E-state index contributed by atoms with van der Waals surface area (Å²) in [5, 5.41) is 1.40. The number of aryl methyl sites for hydroxylation is 1. The fraction of sp³-hybridized carbons (Fsp3) is 0.150. The van der Waals surface area contributed by atoms with E-state index in [4.69, 9.17) is 10.6 Å². The van der Waals surface area contributed by atoms with E-state index in [1.54, 1.807) is 6.92 Å². The molecule has 0 bridgehead atoms. The summed E-state index contributed by atoms with van der Waals surface area (Å²) in [5.74, 6) is 6.61. The zero-order valence-electron chi connectivity index (χ0n) is 14.7. The number of hydrogen-bond donors (Lipinski definition) is 1. The number of hydrogen-bond acceptors (Lipinski definition) is 6. The van der Waals surface area contributed by atoms with Crippen molar-refractivity contribution in [1.29, 1.82) is 0 Å². The first-order valence-electron chi connectivity index (χ1n) is 8.32. The van der Waals surface area contributed by atoms with E-state index in [2.05, 4.69) is 9.97 Å². The number of anilines is 2. The van der Waals surface area contributed by atoms with Crippen LogP contribution in [0.3, 0.4) is 0 Å². The molecular formula is C20H20N4O2. The number of aromatic nitrogens is 2. The van der Waals surface area contributed by atoms with Crippen molar-refractivity contribution in [3.8, 4) is 11.4 Å². The van der Waals surface area contributed by atoms with Crippen molar-refractivity contribution in [2.75, 3.05) is 11.6 Å². The van der Waals surface area contributed by atoms with Crippen LogP contribution >= 0.6 is 0 Å². The molecule has 6 nitrogen and oxygen atoms in total. The summed E-state index contributed by atoms with van der Waals surface area (Å²) in [5.41, 5.74) is 2.76. The van der Waals surface area contributed by atoms with Gasteiger partial charge in [-0.2, -0.15) is 0 Å².